The van der Waals surface area contributed by atoms with E-state index in [1.807, 2.05) is 17.7 Å². The van der Waals surface area contributed by atoms with Gasteiger partial charge in [-0.1, -0.05) is 23.7 Å². The zero-order valence-corrected chi connectivity index (χ0v) is 15.6. The highest BCUT2D eigenvalue weighted by molar-refractivity contribution is 7.89. The van der Waals surface area contributed by atoms with E-state index in [1.165, 1.54) is 0 Å². The van der Waals surface area contributed by atoms with Crippen molar-refractivity contribution in [3.8, 4) is 6.07 Å². The summed E-state index contributed by atoms with van der Waals surface area (Å²) < 4.78 is 24.9. The molecule has 2 heterocycles. The molecule has 2 N–H and O–H groups in total. The second kappa shape index (κ2) is 7.08. The van der Waals surface area contributed by atoms with Gasteiger partial charge in [-0.25, -0.2) is 13.6 Å². The molecule has 0 saturated carbocycles. The minimum absolute atomic E-state index is 0.195. The van der Waals surface area contributed by atoms with Crippen LogP contribution in [0.5, 0.6) is 0 Å². The van der Waals surface area contributed by atoms with Gasteiger partial charge in [0.1, 0.15) is 6.07 Å². The molecule has 0 aliphatic carbocycles. The van der Waals surface area contributed by atoms with E-state index in [0.29, 0.717) is 10.6 Å². The number of pyridine rings is 1. The van der Waals surface area contributed by atoms with Gasteiger partial charge >= 0.3 is 0 Å². The fourth-order valence-electron chi connectivity index (χ4n) is 3.28. The number of hydrogen-bond acceptors (Lipinski definition) is 4. The van der Waals surface area contributed by atoms with Gasteiger partial charge in [0.15, 0.2) is 0 Å². The van der Waals surface area contributed by atoms with Crippen LogP contribution in [-0.4, -0.2) is 23.7 Å². The predicted molar refractivity (Wildman–Crippen MR) is 101 cm³/mol. The van der Waals surface area contributed by atoms with Crippen molar-refractivity contribution < 1.29 is 8.42 Å². The van der Waals surface area contributed by atoms with Gasteiger partial charge in [0.25, 0.3) is 0 Å². The summed E-state index contributed by atoms with van der Waals surface area (Å²) >= 11 is 6.11. The molecule has 1 aromatic carbocycles. The van der Waals surface area contributed by atoms with Crippen LogP contribution in [0.2, 0.25) is 5.02 Å². The summed E-state index contributed by atoms with van der Waals surface area (Å²) in [6, 6.07) is 11.2. The maximum absolute atomic E-state index is 11.5. The lowest BCUT2D eigenvalue weighted by atomic mass is 9.91. The molecule has 134 valence electrons. The van der Waals surface area contributed by atoms with Crippen LogP contribution in [0, 0.1) is 11.3 Å². The number of sulfonamides is 1. The van der Waals surface area contributed by atoms with Crippen LogP contribution in [0.15, 0.2) is 42.7 Å². The van der Waals surface area contributed by atoms with Gasteiger partial charge in [0.05, 0.1) is 16.8 Å². The summed E-state index contributed by atoms with van der Waals surface area (Å²) in [6.45, 7) is 0. The van der Waals surface area contributed by atoms with Crippen molar-refractivity contribution in [2.75, 3.05) is 5.75 Å². The monoisotopic (exact) mass is 388 g/mol. The van der Waals surface area contributed by atoms with Gasteiger partial charge in [0.2, 0.25) is 10.0 Å². The number of nitrogens with zero attached hydrogens (tertiary/aromatic N) is 3. The average Bonchev–Trinajstić information content (AvgIpc) is 2.87. The van der Waals surface area contributed by atoms with Crippen molar-refractivity contribution >= 4 is 32.5 Å². The molecule has 0 bridgehead atoms. The van der Waals surface area contributed by atoms with E-state index in [-0.39, 0.29) is 18.1 Å². The first-order valence-electron chi connectivity index (χ1n) is 7.90. The van der Waals surface area contributed by atoms with Crippen molar-refractivity contribution in [3.63, 3.8) is 0 Å². The van der Waals surface area contributed by atoms with Crippen LogP contribution >= 0.6 is 11.6 Å². The molecule has 26 heavy (non-hydrogen) atoms. The zero-order valence-electron chi connectivity index (χ0n) is 14.1. The van der Waals surface area contributed by atoms with Gasteiger partial charge < -0.3 is 4.57 Å². The molecule has 6 nitrogen and oxygen atoms in total. The van der Waals surface area contributed by atoms with Crippen molar-refractivity contribution in [2.45, 2.75) is 12.3 Å². The second-order valence-electron chi connectivity index (χ2n) is 6.09. The van der Waals surface area contributed by atoms with E-state index in [1.54, 1.807) is 36.7 Å². The maximum atomic E-state index is 11.5. The number of hydrogen-bond donors (Lipinski definition) is 1. The lowest BCUT2D eigenvalue weighted by Crippen LogP contribution is -2.20. The second-order valence-corrected chi connectivity index (χ2v) is 8.26. The fraction of sp³-hybridized carbons (Fsp3) is 0.222. The van der Waals surface area contributed by atoms with Crippen molar-refractivity contribution in [3.05, 3.63) is 64.6 Å². The molecule has 1 atom stereocenters. The molecule has 0 amide bonds. The highest BCUT2D eigenvalue weighted by Gasteiger charge is 2.26. The van der Waals surface area contributed by atoms with E-state index >= 15 is 0 Å². The van der Waals surface area contributed by atoms with Crippen LogP contribution in [0.25, 0.3) is 10.9 Å². The molecular formula is C18H17ClN4O2S. The minimum Gasteiger partial charge on any atom is -0.346 e. The number of halogens is 1. The summed E-state index contributed by atoms with van der Waals surface area (Å²) in [6.07, 6.45) is 3.57. The largest absolute Gasteiger partial charge is 0.346 e. The third-order valence-electron chi connectivity index (χ3n) is 4.43. The first kappa shape index (κ1) is 18.4. The van der Waals surface area contributed by atoms with E-state index in [2.05, 4.69) is 11.1 Å². The van der Waals surface area contributed by atoms with Crippen LogP contribution in [0.3, 0.4) is 0 Å². The van der Waals surface area contributed by atoms with E-state index < -0.39 is 10.0 Å². The van der Waals surface area contributed by atoms with Crippen LogP contribution in [-0.2, 0) is 17.1 Å². The number of aryl methyl sites for hydroxylation is 1. The third kappa shape index (κ3) is 3.58. The Morgan fingerprint density at radius 2 is 2.15 bits per heavy atom. The Bertz CT molecular complexity index is 1100. The highest BCUT2D eigenvalue weighted by Crippen LogP contribution is 2.36. The highest BCUT2D eigenvalue weighted by atomic mass is 35.5. The third-order valence-corrected chi connectivity index (χ3v) is 5.47. The van der Waals surface area contributed by atoms with Crippen molar-refractivity contribution in [1.82, 2.24) is 9.55 Å². The van der Waals surface area contributed by atoms with Gasteiger partial charge in [-0.2, -0.15) is 5.26 Å². The summed E-state index contributed by atoms with van der Waals surface area (Å²) in [7, 11) is -1.80. The van der Waals surface area contributed by atoms with Gasteiger partial charge in [-0.3, -0.25) is 4.98 Å². The Morgan fingerprint density at radius 3 is 2.77 bits per heavy atom. The summed E-state index contributed by atoms with van der Waals surface area (Å²) in [4.78, 5) is 4.13. The number of fused-ring (bicyclic) bond motifs is 1. The minimum atomic E-state index is -3.64. The predicted octanol–water partition coefficient (Wildman–Crippen LogP) is 2.91. The SMILES string of the molecule is Cn1c(C(CCS(N)(=O)=O)c2cccnc2)c(C#N)c2ccc(Cl)cc21. The number of benzene rings is 1. The van der Waals surface area contributed by atoms with E-state index in [0.717, 1.165) is 22.2 Å². The van der Waals surface area contributed by atoms with Crippen molar-refractivity contribution in [2.24, 2.45) is 12.2 Å². The average molecular weight is 389 g/mol. The van der Waals surface area contributed by atoms with Crippen LogP contribution < -0.4 is 5.14 Å². The molecular weight excluding hydrogens is 372 g/mol. The maximum Gasteiger partial charge on any atom is 0.209 e. The quantitative estimate of drug-likeness (QED) is 0.725. The molecule has 3 aromatic rings. The molecule has 3 rings (SSSR count). The Balaban J connectivity index is 2.24. The number of aromatic nitrogens is 2. The van der Waals surface area contributed by atoms with Gasteiger partial charge in [-0.15, -0.1) is 0 Å². The number of rotatable bonds is 5. The first-order valence-corrected chi connectivity index (χ1v) is 9.99. The van der Waals surface area contributed by atoms with Crippen LogP contribution in [0.4, 0.5) is 0 Å². The Hall–Kier alpha value is -2.40. The van der Waals surface area contributed by atoms with Gasteiger partial charge in [0, 0.05) is 41.5 Å². The first-order chi connectivity index (χ1) is 12.3. The molecule has 8 heteroatoms. The molecule has 0 spiro atoms. The standard InChI is InChI=1S/C18H17ClN4O2S/c1-23-17-9-13(19)4-5-15(17)16(10-20)18(23)14(6-8-26(21,24)25)12-3-2-7-22-11-12/h2-5,7,9,11,14H,6,8H2,1H3,(H2,21,24,25). The van der Waals surface area contributed by atoms with E-state index in [9.17, 15) is 13.7 Å². The Labute approximate surface area is 156 Å². The normalized spacial score (nSPS) is 12.8. The summed E-state index contributed by atoms with van der Waals surface area (Å²) in [5.74, 6) is -0.535. The number of primary sulfonamides is 1. The smallest absolute Gasteiger partial charge is 0.209 e. The lowest BCUT2D eigenvalue weighted by molar-refractivity contribution is 0.590. The summed E-state index contributed by atoms with van der Waals surface area (Å²) in [5, 5.41) is 16.3. The number of nitrogens with two attached hydrogens (primary N) is 1. The van der Waals surface area contributed by atoms with Crippen molar-refractivity contribution in [1.29, 1.82) is 5.26 Å². The molecule has 0 radical (unpaired) electrons. The Kier molecular flexibility index (Phi) is 5.01. The molecule has 0 fully saturated rings. The number of nitriles is 1. The summed E-state index contributed by atoms with van der Waals surface area (Å²) in [5.41, 5.74) is 2.86. The molecule has 0 aliphatic rings. The zero-order chi connectivity index (χ0) is 18.9. The molecule has 1 unspecified atom stereocenters. The molecule has 0 aliphatic heterocycles. The lowest BCUT2D eigenvalue weighted by Gasteiger charge is -2.19. The van der Waals surface area contributed by atoms with Crippen LogP contribution in [0.1, 0.15) is 29.2 Å². The molecule has 2 aromatic heterocycles. The van der Waals surface area contributed by atoms with E-state index in [4.69, 9.17) is 16.7 Å². The fourth-order valence-corrected chi connectivity index (χ4v) is 4.01. The molecule has 0 saturated heterocycles. The Morgan fingerprint density at radius 1 is 1.38 bits per heavy atom. The van der Waals surface area contributed by atoms with Gasteiger partial charge in [-0.05, 0) is 30.2 Å². The topological polar surface area (TPSA) is 102 Å².